The van der Waals surface area contributed by atoms with Crippen LogP contribution in [0.2, 0.25) is 0 Å². The second-order valence-electron chi connectivity index (χ2n) is 2.73. The van der Waals surface area contributed by atoms with Crippen LogP contribution in [0.3, 0.4) is 0 Å². The van der Waals surface area contributed by atoms with Gasteiger partial charge in [0.15, 0.2) is 0 Å². The summed E-state index contributed by atoms with van der Waals surface area (Å²) in [6.45, 7) is 0. The minimum Gasteiger partial charge on any atom is -0.469 e. The van der Waals surface area contributed by atoms with Crippen molar-refractivity contribution >= 4 is 11.8 Å². The maximum atomic E-state index is 10.8. The van der Waals surface area contributed by atoms with Crippen molar-refractivity contribution in [2.75, 3.05) is 7.11 Å². The number of aromatic amines is 1. The number of rotatable bonds is 4. The molecule has 0 spiro atoms. The third-order valence-corrected chi connectivity index (χ3v) is 1.71. The molecule has 1 aromatic rings. The fourth-order valence-corrected chi connectivity index (χ4v) is 0.936. The topological polar surface area (TPSA) is 118 Å². The molecule has 8 heteroatoms. The Morgan fingerprint density at radius 1 is 1.87 bits per heavy atom. The maximum Gasteiger partial charge on any atom is 0.342 e. The van der Waals surface area contributed by atoms with E-state index >= 15 is 0 Å². The van der Waals surface area contributed by atoms with Crippen molar-refractivity contribution in [1.29, 1.82) is 0 Å². The molecule has 0 aliphatic rings. The molecular formula is C7H9N3O5. The number of ether oxygens (including phenoxy) is 1. The zero-order valence-corrected chi connectivity index (χ0v) is 7.84. The van der Waals surface area contributed by atoms with E-state index < -0.39 is 17.0 Å². The van der Waals surface area contributed by atoms with Gasteiger partial charge in [0.2, 0.25) is 0 Å². The van der Waals surface area contributed by atoms with E-state index in [4.69, 9.17) is 0 Å². The van der Waals surface area contributed by atoms with Crippen LogP contribution in [-0.4, -0.2) is 33.3 Å². The van der Waals surface area contributed by atoms with E-state index in [0.29, 0.717) is 0 Å². The quantitative estimate of drug-likeness (QED) is 0.411. The molecular weight excluding hydrogens is 206 g/mol. The molecule has 1 aromatic heterocycles. The van der Waals surface area contributed by atoms with E-state index in [9.17, 15) is 20.0 Å². The zero-order chi connectivity index (χ0) is 11.4. The van der Waals surface area contributed by atoms with E-state index in [1.165, 1.54) is 7.11 Å². The molecule has 8 nitrogen and oxygen atoms in total. The Morgan fingerprint density at radius 2 is 2.53 bits per heavy atom. The molecule has 1 rings (SSSR count). The first-order chi connectivity index (χ1) is 7.04. The number of nitrogens with zero attached hydrogens (tertiary/aromatic N) is 2. The Kier molecular flexibility index (Phi) is 3.34. The largest absolute Gasteiger partial charge is 0.469 e. The molecule has 0 saturated carbocycles. The van der Waals surface area contributed by atoms with Crippen LogP contribution in [0.1, 0.15) is 18.2 Å². The highest BCUT2D eigenvalue weighted by molar-refractivity contribution is 5.69. The predicted molar refractivity (Wildman–Crippen MR) is 46.8 cm³/mol. The first-order valence-electron chi connectivity index (χ1n) is 3.99. The number of aliphatic hydroxyl groups excluding tert-OH is 1. The van der Waals surface area contributed by atoms with Crippen LogP contribution in [0.5, 0.6) is 0 Å². The van der Waals surface area contributed by atoms with Gasteiger partial charge >= 0.3 is 11.8 Å². The molecule has 0 bridgehead atoms. The van der Waals surface area contributed by atoms with Crippen LogP contribution in [0.15, 0.2) is 6.07 Å². The number of nitro groups is 1. The Balaban J connectivity index is 2.69. The van der Waals surface area contributed by atoms with Crippen molar-refractivity contribution in [3.8, 4) is 0 Å². The lowest BCUT2D eigenvalue weighted by Crippen LogP contribution is -2.08. The molecule has 0 aliphatic heterocycles. The summed E-state index contributed by atoms with van der Waals surface area (Å²) in [6.07, 6.45) is -1.50. The van der Waals surface area contributed by atoms with Gasteiger partial charge in [0.25, 0.3) is 0 Å². The zero-order valence-electron chi connectivity index (χ0n) is 7.84. The fraction of sp³-hybridized carbons (Fsp3) is 0.429. The summed E-state index contributed by atoms with van der Waals surface area (Å²) in [5.41, 5.74) is 0.0344. The van der Waals surface area contributed by atoms with Gasteiger partial charge in [-0.05, 0) is 4.92 Å². The number of aromatic nitrogens is 2. The van der Waals surface area contributed by atoms with Gasteiger partial charge in [0.05, 0.1) is 19.6 Å². The molecule has 0 unspecified atom stereocenters. The lowest BCUT2D eigenvalue weighted by Gasteiger charge is -2.03. The van der Waals surface area contributed by atoms with Gasteiger partial charge in [-0.25, -0.2) is 0 Å². The molecule has 0 amide bonds. The molecule has 15 heavy (non-hydrogen) atoms. The number of methoxy groups -OCH3 is 1. The average Bonchev–Trinajstić information content (AvgIpc) is 2.66. The van der Waals surface area contributed by atoms with E-state index in [2.05, 4.69) is 14.9 Å². The third kappa shape index (κ3) is 2.74. The van der Waals surface area contributed by atoms with Gasteiger partial charge in [-0.3, -0.25) is 4.79 Å². The van der Waals surface area contributed by atoms with E-state index in [0.717, 1.165) is 6.07 Å². The summed E-state index contributed by atoms with van der Waals surface area (Å²) < 4.78 is 4.33. The molecule has 0 fully saturated rings. The minimum absolute atomic E-state index is 0.0344. The van der Waals surface area contributed by atoms with Crippen molar-refractivity contribution in [3.05, 3.63) is 21.9 Å². The monoisotopic (exact) mass is 215 g/mol. The minimum atomic E-state index is -1.21. The summed E-state index contributed by atoms with van der Waals surface area (Å²) in [6, 6.07) is 1.06. The molecule has 1 atom stereocenters. The third-order valence-electron chi connectivity index (χ3n) is 1.71. The molecule has 2 N–H and O–H groups in total. The number of hydrogen-bond donors (Lipinski definition) is 2. The molecule has 0 radical (unpaired) electrons. The number of carbonyl (C=O) groups excluding carboxylic acids is 1. The molecule has 82 valence electrons. The van der Waals surface area contributed by atoms with Crippen LogP contribution in [-0.2, 0) is 9.53 Å². The van der Waals surface area contributed by atoms with E-state index in [1.54, 1.807) is 0 Å². The smallest absolute Gasteiger partial charge is 0.342 e. The molecule has 0 aliphatic carbocycles. The lowest BCUT2D eigenvalue weighted by molar-refractivity contribution is -0.389. The lowest BCUT2D eigenvalue weighted by atomic mass is 10.2. The highest BCUT2D eigenvalue weighted by atomic mass is 16.6. The van der Waals surface area contributed by atoms with Crippen molar-refractivity contribution in [3.63, 3.8) is 0 Å². The summed E-state index contributed by atoms with van der Waals surface area (Å²) in [5.74, 6) is -0.956. The number of esters is 1. The molecule has 1 heterocycles. The van der Waals surface area contributed by atoms with Crippen molar-refractivity contribution in [2.45, 2.75) is 12.5 Å². The maximum absolute atomic E-state index is 10.8. The predicted octanol–water partition coefficient (Wildman–Crippen LogP) is -0.0856. The summed E-state index contributed by atoms with van der Waals surface area (Å²) in [7, 11) is 1.18. The average molecular weight is 215 g/mol. The Labute approximate surface area is 84.0 Å². The van der Waals surface area contributed by atoms with E-state index in [-0.39, 0.29) is 17.9 Å². The Hall–Kier alpha value is -1.96. The van der Waals surface area contributed by atoms with Crippen LogP contribution in [0, 0.1) is 10.1 Å². The van der Waals surface area contributed by atoms with Crippen LogP contribution >= 0.6 is 0 Å². The van der Waals surface area contributed by atoms with Gasteiger partial charge < -0.3 is 20.0 Å². The number of hydrogen-bond acceptors (Lipinski definition) is 6. The second kappa shape index (κ2) is 4.51. The van der Waals surface area contributed by atoms with Gasteiger partial charge in [0.1, 0.15) is 11.8 Å². The van der Waals surface area contributed by atoms with E-state index in [1.807, 2.05) is 0 Å². The van der Waals surface area contributed by atoms with Crippen molar-refractivity contribution < 1.29 is 19.6 Å². The normalized spacial score (nSPS) is 12.1. The van der Waals surface area contributed by atoms with Gasteiger partial charge in [0, 0.05) is 0 Å². The van der Waals surface area contributed by atoms with Crippen LogP contribution in [0.4, 0.5) is 5.82 Å². The SMILES string of the molecule is COC(=O)C[C@H](O)c1cc([N+](=O)[O-])[nH]n1. The second-order valence-corrected chi connectivity index (χ2v) is 2.73. The van der Waals surface area contributed by atoms with Crippen molar-refractivity contribution in [2.24, 2.45) is 0 Å². The van der Waals surface area contributed by atoms with Crippen LogP contribution < -0.4 is 0 Å². The number of aliphatic hydroxyl groups is 1. The Bertz CT molecular complexity index is 374. The first kappa shape index (κ1) is 11.1. The first-order valence-corrected chi connectivity index (χ1v) is 3.99. The number of carbonyl (C=O) groups is 1. The fourth-order valence-electron chi connectivity index (χ4n) is 0.936. The Morgan fingerprint density at radius 3 is 3.00 bits per heavy atom. The van der Waals surface area contributed by atoms with Crippen LogP contribution in [0.25, 0.3) is 0 Å². The summed E-state index contributed by atoms with van der Waals surface area (Å²) >= 11 is 0. The highest BCUT2D eigenvalue weighted by Crippen LogP contribution is 2.18. The van der Waals surface area contributed by atoms with Crippen molar-refractivity contribution in [1.82, 2.24) is 10.2 Å². The standard InChI is InChI=1S/C7H9N3O5/c1-15-7(12)3-5(11)4-2-6(9-8-4)10(13)14/h2,5,11H,3H2,1H3,(H,8,9)/t5-/m0/s1. The summed E-state index contributed by atoms with van der Waals surface area (Å²) in [4.78, 5) is 20.4. The van der Waals surface area contributed by atoms with Gasteiger partial charge in [-0.15, -0.1) is 5.10 Å². The highest BCUT2D eigenvalue weighted by Gasteiger charge is 2.19. The van der Waals surface area contributed by atoms with Gasteiger partial charge in [-0.1, -0.05) is 5.10 Å². The number of nitrogens with one attached hydrogen (secondary N) is 1. The van der Waals surface area contributed by atoms with Gasteiger partial charge in [-0.2, -0.15) is 0 Å². The number of H-pyrrole nitrogens is 1. The molecule has 0 saturated heterocycles. The summed E-state index contributed by atoms with van der Waals surface area (Å²) in [5, 5.41) is 25.3. The molecule has 0 aromatic carbocycles.